The molecule has 0 aliphatic rings. The second-order valence-corrected chi connectivity index (χ2v) is 5.57. The second kappa shape index (κ2) is 7.84. The van der Waals surface area contributed by atoms with Crippen molar-refractivity contribution in [1.29, 1.82) is 0 Å². The predicted octanol–water partition coefficient (Wildman–Crippen LogP) is 4.50. The first kappa shape index (κ1) is 15.6. The first-order valence-corrected chi connectivity index (χ1v) is 7.71. The Bertz CT molecular complexity index is 546. The van der Waals surface area contributed by atoms with Crippen LogP contribution in [0.2, 0.25) is 0 Å². The molecule has 0 aliphatic carbocycles. The van der Waals surface area contributed by atoms with E-state index in [0.717, 1.165) is 18.8 Å². The number of hydrogen-bond acceptors (Lipinski definition) is 2. The molecule has 2 aromatic rings. The lowest BCUT2D eigenvalue weighted by Gasteiger charge is -2.12. The summed E-state index contributed by atoms with van der Waals surface area (Å²) in [5.41, 5.74) is 3.78. The molecule has 0 saturated heterocycles. The van der Waals surface area contributed by atoms with Crippen molar-refractivity contribution >= 4 is 0 Å². The van der Waals surface area contributed by atoms with Crippen LogP contribution in [0, 0.1) is 0 Å². The van der Waals surface area contributed by atoms with Gasteiger partial charge in [-0.25, -0.2) is 0 Å². The van der Waals surface area contributed by atoms with Crippen LogP contribution in [-0.4, -0.2) is 6.54 Å². The summed E-state index contributed by atoms with van der Waals surface area (Å²) in [5, 5.41) is 3.34. The third kappa shape index (κ3) is 4.61. The first-order valence-electron chi connectivity index (χ1n) is 7.71. The van der Waals surface area contributed by atoms with Gasteiger partial charge in [-0.2, -0.15) is 0 Å². The second-order valence-electron chi connectivity index (χ2n) is 5.57. The molecule has 0 heterocycles. The summed E-state index contributed by atoms with van der Waals surface area (Å²) < 4.78 is 5.98. The van der Waals surface area contributed by atoms with E-state index in [-0.39, 0.29) is 0 Å². The zero-order chi connectivity index (χ0) is 15.1. The van der Waals surface area contributed by atoms with Gasteiger partial charge in [0, 0.05) is 12.1 Å². The molecule has 0 spiro atoms. The van der Waals surface area contributed by atoms with E-state index < -0.39 is 0 Å². The highest BCUT2D eigenvalue weighted by Crippen LogP contribution is 2.20. The van der Waals surface area contributed by atoms with E-state index in [4.69, 9.17) is 4.74 Å². The van der Waals surface area contributed by atoms with Crippen LogP contribution in [0.15, 0.2) is 48.5 Å². The van der Waals surface area contributed by atoms with Gasteiger partial charge in [0.1, 0.15) is 12.4 Å². The summed E-state index contributed by atoms with van der Waals surface area (Å²) in [6.45, 7) is 8.95. The van der Waals surface area contributed by atoms with Gasteiger partial charge in [0.05, 0.1) is 0 Å². The quantitative estimate of drug-likeness (QED) is 0.808. The zero-order valence-corrected chi connectivity index (χ0v) is 13.2. The summed E-state index contributed by atoms with van der Waals surface area (Å²) in [6.07, 6.45) is 0. The molecule has 0 aliphatic heterocycles. The molecule has 0 fully saturated rings. The van der Waals surface area contributed by atoms with Crippen molar-refractivity contribution in [1.82, 2.24) is 5.32 Å². The lowest BCUT2D eigenvalue weighted by molar-refractivity contribution is 0.302. The average molecular weight is 283 g/mol. The van der Waals surface area contributed by atoms with Crippen molar-refractivity contribution in [2.45, 2.75) is 39.8 Å². The van der Waals surface area contributed by atoms with Crippen LogP contribution in [0.5, 0.6) is 5.75 Å². The van der Waals surface area contributed by atoms with E-state index in [9.17, 15) is 0 Å². The van der Waals surface area contributed by atoms with Gasteiger partial charge in [-0.3, -0.25) is 0 Å². The van der Waals surface area contributed by atoms with Crippen molar-refractivity contribution in [3.8, 4) is 5.75 Å². The van der Waals surface area contributed by atoms with Crippen molar-refractivity contribution in [2.24, 2.45) is 0 Å². The Balaban J connectivity index is 1.99. The van der Waals surface area contributed by atoms with E-state index in [1.165, 1.54) is 16.7 Å². The van der Waals surface area contributed by atoms with Crippen LogP contribution in [0.3, 0.4) is 0 Å². The summed E-state index contributed by atoms with van der Waals surface area (Å²) in [6, 6.07) is 16.9. The Morgan fingerprint density at radius 3 is 2.38 bits per heavy atom. The highest BCUT2D eigenvalue weighted by atomic mass is 16.5. The number of para-hydroxylation sites is 1. The molecule has 0 saturated carbocycles. The van der Waals surface area contributed by atoms with E-state index in [1.807, 2.05) is 12.1 Å². The number of ether oxygens (including phenoxy) is 1. The maximum absolute atomic E-state index is 5.98. The summed E-state index contributed by atoms with van der Waals surface area (Å²) >= 11 is 0. The van der Waals surface area contributed by atoms with Gasteiger partial charge in [-0.05, 0) is 29.7 Å². The Hall–Kier alpha value is -1.80. The van der Waals surface area contributed by atoms with Gasteiger partial charge >= 0.3 is 0 Å². The van der Waals surface area contributed by atoms with E-state index in [1.54, 1.807) is 0 Å². The third-order valence-corrected chi connectivity index (χ3v) is 3.58. The highest BCUT2D eigenvalue weighted by molar-refractivity contribution is 5.33. The minimum atomic E-state index is 0.570. The molecule has 0 aromatic heterocycles. The largest absolute Gasteiger partial charge is 0.489 e. The minimum absolute atomic E-state index is 0.570. The first-order chi connectivity index (χ1) is 10.2. The van der Waals surface area contributed by atoms with Crippen LogP contribution < -0.4 is 10.1 Å². The zero-order valence-electron chi connectivity index (χ0n) is 13.2. The minimum Gasteiger partial charge on any atom is -0.489 e. The molecular formula is C19H25NO. The lowest BCUT2D eigenvalue weighted by Crippen LogP contribution is -2.12. The molecule has 2 aromatic carbocycles. The Kier molecular flexibility index (Phi) is 5.82. The molecule has 2 heteroatoms. The fourth-order valence-corrected chi connectivity index (χ4v) is 2.21. The maximum atomic E-state index is 5.98. The molecule has 0 unspecified atom stereocenters. The van der Waals surface area contributed by atoms with Gasteiger partial charge in [-0.15, -0.1) is 0 Å². The molecule has 2 nitrogen and oxygen atoms in total. The van der Waals surface area contributed by atoms with Crippen LogP contribution in [-0.2, 0) is 13.2 Å². The number of nitrogens with one attached hydrogen (secondary N) is 1. The monoisotopic (exact) mass is 283 g/mol. The number of hydrogen-bond donors (Lipinski definition) is 1. The smallest absolute Gasteiger partial charge is 0.124 e. The lowest BCUT2D eigenvalue weighted by atomic mass is 10.0. The third-order valence-electron chi connectivity index (χ3n) is 3.58. The molecule has 2 rings (SSSR count). The molecular weight excluding hydrogens is 258 g/mol. The number of benzene rings is 2. The van der Waals surface area contributed by atoms with Crippen molar-refractivity contribution < 1.29 is 4.74 Å². The normalized spacial score (nSPS) is 10.9. The SMILES string of the molecule is CCNCc1ccccc1OCc1ccc(C(C)C)cc1. The molecule has 21 heavy (non-hydrogen) atoms. The van der Waals surface area contributed by atoms with Crippen LogP contribution in [0.1, 0.15) is 43.4 Å². The van der Waals surface area contributed by atoms with Crippen LogP contribution >= 0.6 is 0 Å². The summed E-state index contributed by atoms with van der Waals surface area (Å²) in [7, 11) is 0. The Morgan fingerprint density at radius 2 is 1.71 bits per heavy atom. The van der Waals surface area contributed by atoms with Crippen molar-refractivity contribution in [3.63, 3.8) is 0 Å². The molecule has 0 radical (unpaired) electrons. The predicted molar refractivity (Wildman–Crippen MR) is 88.7 cm³/mol. The Morgan fingerprint density at radius 1 is 1.00 bits per heavy atom. The van der Waals surface area contributed by atoms with Crippen LogP contribution in [0.4, 0.5) is 0 Å². The highest BCUT2D eigenvalue weighted by Gasteiger charge is 2.03. The van der Waals surface area contributed by atoms with Gasteiger partial charge in [0.25, 0.3) is 0 Å². The summed E-state index contributed by atoms with van der Waals surface area (Å²) in [5.74, 6) is 1.53. The van der Waals surface area contributed by atoms with Crippen molar-refractivity contribution in [2.75, 3.05) is 6.54 Å². The van der Waals surface area contributed by atoms with Crippen LogP contribution in [0.25, 0.3) is 0 Å². The van der Waals surface area contributed by atoms with Gasteiger partial charge in [0.2, 0.25) is 0 Å². The molecule has 0 atom stereocenters. The fourth-order valence-electron chi connectivity index (χ4n) is 2.21. The topological polar surface area (TPSA) is 21.3 Å². The molecule has 1 N–H and O–H groups in total. The summed E-state index contributed by atoms with van der Waals surface area (Å²) in [4.78, 5) is 0. The number of rotatable bonds is 7. The maximum Gasteiger partial charge on any atom is 0.124 e. The van der Waals surface area contributed by atoms with E-state index in [2.05, 4.69) is 62.5 Å². The molecule has 112 valence electrons. The fraction of sp³-hybridized carbons (Fsp3) is 0.368. The van der Waals surface area contributed by atoms with Gasteiger partial charge in [-0.1, -0.05) is 63.2 Å². The molecule has 0 bridgehead atoms. The van der Waals surface area contributed by atoms with Crippen molar-refractivity contribution in [3.05, 3.63) is 65.2 Å². The molecule has 0 amide bonds. The standard InChI is InChI=1S/C19H25NO/c1-4-20-13-18-7-5-6-8-19(18)21-14-16-9-11-17(12-10-16)15(2)3/h5-12,15,20H,4,13-14H2,1-3H3. The average Bonchev–Trinajstić information content (AvgIpc) is 2.52. The van der Waals surface area contributed by atoms with Gasteiger partial charge in [0.15, 0.2) is 0 Å². The van der Waals surface area contributed by atoms with E-state index >= 15 is 0 Å². The van der Waals surface area contributed by atoms with E-state index in [0.29, 0.717) is 12.5 Å². The Labute approximate surface area is 128 Å². The van der Waals surface area contributed by atoms with Gasteiger partial charge < -0.3 is 10.1 Å².